The summed E-state index contributed by atoms with van der Waals surface area (Å²) in [6.07, 6.45) is 2.91. The molecule has 0 atom stereocenters. The van der Waals surface area contributed by atoms with Crippen molar-refractivity contribution in [3.8, 4) is 0 Å². The molecular weight excluding hydrogens is 337 g/mol. The summed E-state index contributed by atoms with van der Waals surface area (Å²) in [6.45, 7) is 0.427. The molecule has 0 spiro atoms. The van der Waals surface area contributed by atoms with Crippen molar-refractivity contribution in [1.29, 1.82) is 0 Å². The second kappa shape index (κ2) is 8.02. The van der Waals surface area contributed by atoms with E-state index in [0.717, 1.165) is 5.56 Å². The molecule has 0 radical (unpaired) electrons. The Bertz CT molecular complexity index is 893. The molecule has 0 aliphatic rings. The number of aromatic amines is 1. The third-order valence-corrected chi connectivity index (χ3v) is 3.60. The van der Waals surface area contributed by atoms with Gasteiger partial charge in [0.2, 0.25) is 0 Å². The van der Waals surface area contributed by atoms with Crippen LogP contribution in [0.2, 0.25) is 0 Å². The van der Waals surface area contributed by atoms with Crippen LogP contribution in [0.4, 0.5) is 4.39 Å². The fourth-order valence-electron chi connectivity index (χ4n) is 2.27. The fraction of sp³-hybridized carbons (Fsp3) is 0.111. The summed E-state index contributed by atoms with van der Waals surface area (Å²) in [4.78, 5) is 35.3. The first-order chi connectivity index (χ1) is 12.6. The molecule has 0 aliphatic heterocycles. The van der Waals surface area contributed by atoms with Gasteiger partial charge in [0.25, 0.3) is 11.8 Å². The van der Waals surface area contributed by atoms with Crippen molar-refractivity contribution in [3.05, 3.63) is 83.5 Å². The van der Waals surface area contributed by atoms with Crippen LogP contribution in [0.1, 0.15) is 32.2 Å². The molecule has 8 heteroatoms. The summed E-state index contributed by atoms with van der Waals surface area (Å²) < 4.78 is 12.9. The van der Waals surface area contributed by atoms with E-state index in [9.17, 15) is 14.0 Å². The zero-order chi connectivity index (χ0) is 18.4. The molecule has 3 aromatic rings. The number of halogens is 1. The quantitative estimate of drug-likeness (QED) is 0.629. The third kappa shape index (κ3) is 4.29. The average molecular weight is 353 g/mol. The zero-order valence-electron chi connectivity index (χ0n) is 13.7. The van der Waals surface area contributed by atoms with Gasteiger partial charge in [-0.05, 0) is 29.8 Å². The first-order valence-electron chi connectivity index (χ1n) is 7.87. The second-order valence-electron chi connectivity index (χ2n) is 5.44. The van der Waals surface area contributed by atoms with Crippen molar-refractivity contribution in [1.82, 2.24) is 25.6 Å². The van der Waals surface area contributed by atoms with Gasteiger partial charge in [0.1, 0.15) is 11.5 Å². The van der Waals surface area contributed by atoms with E-state index < -0.39 is 11.8 Å². The van der Waals surface area contributed by atoms with Crippen molar-refractivity contribution in [3.63, 3.8) is 0 Å². The standard InChI is InChI=1S/C18H16FN5O2/c19-13-6-4-12(5-7-13)9-21-17(25)15-16(24-11-23-15)18(26)22-10-14-3-1-2-8-20-14/h1-8,11H,9-10H2,(H,21,25)(H,22,26)(H,23,24). The van der Waals surface area contributed by atoms with Crippen molar-refractivity contribution < 1.29 is 14.0 Å². The van der Waals surface area contributed by atoms with Crippen LogP contribution in [0.25, 0.3) is 0 Å². The van der Waals surface area contributed by atoms with Gasteiger partial charge in [0, 0.05) is 12.7 Å². The number of hydrogen-bond donors (Lipinski definition) is 3. The van der Waals surface area contributed by atoms with E-state index in [2.05, 4.69) is 25.6 Å². The number of rotatable bonds is 6. The summed E-state index contributed by atoms with van der Waals surface area (Å²) in [6, 6.07) is 11.1. The van der Waals surface area contributed by atoms with Crippen LogP contribution in [0.3, 0.4) is 0 Å². The lowest BCUT2D eigenvalue weighted by Crippen LogP contribution is -2.29. The number of pyridine rings is 1. The van der Waals surface area contributed by atoms with Gasteiger partial charge in [-0.1, -0.05) is 18.2 Å². The molecule has 132 valence electrons. The molecule has 2 aromatic heterocycles. The number of imidazole rings is 1. The van der Waals surface area contributed by atoms with Gasteiger partial charge in [0.05, 0.1) is 18.6 Å². The number of nitrogens with zero attached hydrogens (tertiary/aromatic N) is 2. The minimum atomic E-state index is -0.483. The molecule has 7 nitrogen and oxygen atoms in total. The van der Waals surface area contributed by atoms with E-state index in [1.165, 1.54) is 18.5 Å². The smallest absolute Gasteiger partial charge is 0.272 e. The van der Waals surface area contributed by atoms with Gasteiger partial charge in [-0.2, -0.15) is 0 Å². The topological polar surface area (TPSA) is 99.8 Å². The number of benzene rings is 1. The Balaban J connectivity index is 1.60. The van der Waals surface area contributed by atoms with E-state index in [1.54, 1.807) is 30.5 Å². The second-order valence-corrected chi connectivity index (χ2v) is 5.44. The van der Waals surface area contributed by atoms with Crippen LogP contribution >= 0.6 is 0 Å². The Hall–Kier alpha value is -3.55. The molecular formula is C18H16FN5O2. The van der Waals surface area contributed by atoms with E-state index in [1.807, 2.05) is 6.07 Å². The summed E-state index contributed by atoms with van der Waals surface area (Å²) in [5, 5.41) is 5.34. The van der Waals surface area contributed by atoms with Crippen molar-refractivity contribution in [2.24, 2.45) is 0 Å². The number of H-pyrrole nitrogens is 1. The van der Waals surface area contributed by atoms with E-state index in [-0.39, 0.29) is 30.3 Å². The Morgan fingerprint density at radius 1 is 0.962 bits per heavy atom. The molecule has 2 heterocycles. The Morgan fingerprint density at radius 3 is 2.46 bits per heavy atom. The van der Waals surface area contributed by atoms with Crippen LogP contribution in [-0.4, -0.2) is 26.8 Å². The number of amides is 2. The van der Waals surface area contributed by atoms with Crippen LogP contribution in [0, 0.1) is 5.82 Å². The highest BCUT2D eigenvalue weighted by Crippen LogP contribution is 2.06. The Morgan fingerprint density at radius 2 is 1.73 bits per heavy atom. The molecule has 1 aromatic carbocycles. The SMILES string of the molecule is O=C(NCc1ccccn1)c1nc[nH]c1C(=O)NCc1ccc(F)cc1. The highest BCUT2D eigenvalue weighted by atomic mass is 19.1. The van der Waals surface area contributed by atoms with Gasteiger partial charge in [-0.3, -0.25) is 14.6 Å². The maximum absolute atomic E-state index is 12.9. The fourth-order valence-corrected chi connectivity index (χ4v) is 2.27. The predicted octanol–water partition coefficient (Wildman–Crippen LogP) is 1.80. The molecule has 0 saturated carbocycles. The normalized spacial score (nSPS) is 10.3. The van der Waals surface area contributed by atoms with Crippen LogP contribution in [0.5, 0.6) is 0 Å². The summed E-state index contributed by atoms with van der Waals surface area (Å²) in [5.74, 6) is -1.31. The first kappa shape index (κ1) is 17.3. The van der Waals surface area contributed by atoms with Gasteiger partial charge in [-0.25, -0.2) is 9.37 Å². The molecule has 26 heavy (non-hydrogen) atoms. The van der Waals surface area contributed by atoms with Crippen LogP contribution in [0.15, 0.2) is 55.0 Å². The highest BCUT2D eigenvalue weighted by molar-refractivity contribution is 6.04. The number of carbonyl (C=O) groups is 2. The molecule has 0 saturated heterocycles. The van der Waals surface area contributed by atoms with Crippen LogP contribution in [-0.2, 0) is 13.1 Å². The maximum atomic E-state index is 12.9. The van der Waals surface area contributed by atoms with Gasteiger partial charge >= 0.3 is 0 Å². The van der Waals surface area contributed by atoms with E-state index >= 15 is 0 Å². The molecule has 0 bridgehead atoms. The molecule has 0 aliphatic carbocycles. The maximum Gasteiger partial charge on any atom is 0.272 e. The molecule has 0 unspecified atom stereocenters. The van der Waals surface area contributed by atoms with E-state index in [4.69, 9.17) is 0 Å². The van der Waals surface area contributed by atoms with E-state index in [0.29, 0.717) is 5.69 Å². The lowest BCUT2D eigenvalue weighted by atomic mass is 10.2. The molecule has 3 rings (SSSR count). The van der Waals surface area contributed by atoms with Crippen molar-refractivity contribution >= 4 is 11.8 Å². The van der Waals surface area contributed by atoms with Gasteiger partial charge in [-0.15, -0.1) is 0 Å². The van der Waals surface area contributed by atoms with Crippen molar-refractivity contribution in [2.75, 3.05) is 0 Å². The minimum Gasteiger partial charge on any atom is -0.347 e. The summed E-state index contributed by atoms with van der Waals surface area (Å²) in [7, 11) is 0. The minimum absolute atomic E-state index is 0.00228. The lowest BCUT2D eigenvalue weighted by molar-refractivity contribution is 0.0911. The third-order valence-electron chi connectivity index (χ3n) is 3.60. The van der Waals surface area contributed by atoms with Crippen LogP contribution < -0.4 is 10.6 Å². The summed E-state index contributed by atoms with van der Waals surface area (Å²) in [5.41, 5.74) is 1.49. The first-order valence-corrected chi connectivity index (χ1v) is 7.87. The number of hydrogen-bond acceptors (Lipinski definition) is 4. The monoisotopic (exact) mass is 353 g/mol. The lowest BCUT2D eigenvalue weighted by Gasteiger charge is -2.07. The zero-order valence-corrected chi connectivity index (χ0v) is 13.7. The Kier molecular flexibility index (Phi) is 5.33. The van der Waals surface area contributed by atoms with Gasteiger partial charge < -0.3 is 15.6 Å². The Labute approximate surface area is 148 Å². The van der Waals surface area contributed by atoms with Gasteiger partial charge in [0.15, 0.2) is 5.69 Å². The molecule has 2 amide bonds. The highest BCUT2D eigenvalue weighted by Gasteiger charge is 2.20. The predicted molar refractivity (Wildman–Crippen MR) is 91.6 cm³/mol. The number of aromatic nitrogens is 3. The largest absolute Gasteiger partial charge is 0.347 e. The van der Waals surface area contributed by atoms with Crippen molar-refractivity contribution in [2.45, 2.75) is 13.1 Å². The number of nitrogens with one attached hydrogen (secondary N) is 3. The number of carbonyl (C=O) groups excluding carboxylic acids is 2. The molecule has 0 fully saturated rings. The summed E-state index contributed by atoms with van der Waals surface area (Å²) >= 11 is 0. The average Bonchev–Trinajstić information content (AvgIpc) is 3.16. The molecule has 3 N–H and O–H groups in total.